The second kappa shape index (κ2) is 6.36. The highest BCUT2D eigenvalue weighted by molar-refractivity contribution is 7.14. The van der Waals surface area contributed by atoms with E-state index in [4.69, 9.17) is 16.0 Å². The lowest BCUT2D eigenvalue weighted by molar-refractivity contribution is 0.495. The molecule has 0 amide bonds. The van der Waals surface area contributed by atoms with Gasteiger partial charge in [-0.25, -0.2) is 4.98 Å². The Kier molecular flexibility index (Phi) is 4.80. The minimum atomic E-state index is 0.760. The molecule has 0 saturated heterocycles. The van der Waals surface area contributed by atoms with Crippen molar-refractivity contribution in [3.05, 3.63) is 28.1 Å². The summed E-state index contributed by atoms with van der Waals surface area (Å²) in [7, 11) is 0. The van der Waals surface area contributed by atoms with Crippen LogP contribution in [-0.4, -0.2) is 18.1 Å². The molecule has 0 bridgehead atoms. The van der Waals surface area contributed by atoms with E-state index in [-0.39, 0.29) is 0 Å². The van der Waals surface area contributed by atoms with Crippen LogP contribution in [0.1, 0.15) is 24.8 Å². The first-order chi connectivity index (χ1) is 8.72. The summed E-state index contributed by atoms with van der Waals surface area (Å²) in [5, 5.41) is 6.13. The van der Waals surface area contributed by atoms with Gasteiger partial charge in [0.1, 0.15) is 0 Å². The van der Waals surface area contributed by atoms with Gasteiger partial charge in [-0.1, -0.05) is 18.5 Å². The minimum absolute atomic E-state index is 0.760. The lowest BCUT2D eigenvalue weighted by Crippen LogP contribution is -2.17. The average Bonchev–Trinajstić information content (AvgIpc) is 2.94. The van der Waals surface area contributed by atoms with E-state index in [1.165, 1.54) is 0 Å². The SMILES string of the molecule is CCCNCCc1ncc(-c2scc(C)c2Cl)o1. The van der Waals surface area contributed by atoms with Gasteiger partial charge in [0, 0.05) is 13.0 Å². The molecule has 0 atom stereocenters. The first-order valence-corrected chi connectivity index (χ1v) is 7.37. The Balaban J connectivity index is 2.00. The summed E-state index contributed by atoms with van der Waals surface area (Å²) in [5.41, 5.74) is 1.08. The van der Waals surface area contributed by atoms with Crippen molar-refractivity contribution in [3.63, 3.8) is 0 Å². The standard InChI is InChI=1S/C13H17ClN2OS/c1-3-5-15-6-4-11-16-7-10(17-11)13-12(14)9(2)8-18-13/h7-8,15H,3-6H2,1-2H3. The number of nitrogens with one attached hydrogen (secondary N) is 1. The van der Waals surface area contributed by atoms with Gasteiger partial charge in [-0.3, -0.25) is 0 Å². The number of rotatable bonds is 6. The Morgan fingerprint density at radius 1 is 1.44 bits per heavy atom. The number of aryl methyl sites for hydroxylation is 1. The van der Waals surface area contributed by atoms with Crippen molar-refractivity contribution in [3.8, 4) is 10.6 Å². The fraction of sp³-hybridized carbons (Fsp3) is 0.462. The maximum atomic E-state index is 6.21. The lowest BCUT2D eigenvalue weighted by Gasteiger charge is -1.99. The second-order valence-electron chi connectivity index (χ2n) is 4.18. The number of hydrogen-bond acceptors (Lipinski definition) is 4. The van der Waals surface area contributed by atoms with Gasteiger partial charge in [0.2, 0.25) is 0 Å². The maximum absolute atomic E-state index is 6.21. The lowest BCUT2D eigenvalue weighted by atomic mass is 10.3. The molecule has 0 fully saturated rings. The molecule has 0 spiro atoms. The van der Waals surface area contributed by atoms with E-state index < -0.39 is 0 Å². The van der Waals surface area contributed by atoms with Gasteiger partial charge < -0.3 is 9.73 Å². The van der Waals surface area contributed by atoms with E-state index in [0.29, 0.717) is 0 Å². The highest BCUT2D eigenvalue weighted by Crippen LogP contribution is 2.36. The third-order valence-electron chi connectivity index (χ3n) is 2.62. The number of oxazole rings is 1. The van der Waals surface area contributed by atoms with E-state index in [1.807, 2.05) is 12.3 Å². The molecule has 0 aliphatic rings. The zero-order chi connectivity index (χ0) is 13.0. The Morgan fingerprint density at radius 3 is 2.94 bits per heavy atom. The van der Waals surface area contributed by atoms with Gasteiger partial charge in [-0.05, 0) is 30.8 Å². The Morgan fingerprint density at radius 2 is 2.28 bits per heavy atom. The molecule has 2 aromatic heterocycles. The molecule has 0 unspecified atom stereocenters. The number of hydrogen-bond donors (Lipinski definition) is 1. The van der Waals surface area contributed by atoms with Crippen LogP contribution in [0.2, 0.25) is 5.02 Å². The van der Waals surface area contributed by atoms with Crippen LogP contribution < -0.4 is 5.32 Å². The zero-order valence-corrected chi connectivity index (χ0v) is 12.2. The van der Waals surface area contributed by atoms with Crippen LogP contribution in [0.4, 0.5) is 0 Å². The van der Waals surface area contributed by atoms with Crippen LogP contribution in [0.3, 0.4) is 0 Å². The molecule has 3 nitrogen and oxygen atoms in total. The molecule has 0 aliphatic carbocycles. The van der Waals surface area contributed by atoms with Gasteiger partial charge in [-0.2, -0.15) is 0 Å². The number of nitrogens with zero attached hydrogens (tertiary/aromatic N) is 1. The Hall–Kier alpha value is -0.840. The van der Waals surface area contributed by atoms with Crippen molar-refractivity contribution >= 4 is 22.9 Å². The monoisotopic (exact) mass is 284 g/mol. The normalized spacial score (nSPS) is 11.1. The van der Waals surface area contributed by atoms with Crippen molar-refractivity contribution in [2.24, 2.45) is 0 Å². The highest BCUT2D eigenvalue weighted by Gasteiger charge is 2.13. The topological polar surface area (TPSA) is 38.1 Å². The van der Waals surface area contributed by atoms with Crippen molar-refractivity contribution < 1.29 is 4.42 Å². The summed E-state index contributed by atoms with van der Waals surface area (Å²) in [6, 6.07) is 0. The first kappa shape index (κ1) is 13.6. The van der Waals surface area contributed by atoms with Gasteiger partial charge in [0.25, 0.3) is 0 Å². The predicted octanol–water partition coefficient (Wildman–Crippen LogP) is 3.91. The Labute approximate surface area is 116 Å². The van der Waals surface area contributed by atoms with Gasteiger partial charge >= 0.3 is 0 Å². The number of halogens is 1. The van der Waals surface area contributed by atoms with E-state index in [9.17, 15) is 0 Å². The molecular weight excluding hydrogens is 268 g/mol. The smallest absolute Gasteiger partial charge is 0.196 e. The van der Waals surface area contributed by atoms with Crippen LogP contribution in [0, 0.1) is 6.92 Å². The molecule has 2 aromatic rings. The van der Waals surface area contributed by atoms with Crippen LogP contribution in [0.15, 0.2) is 16.0 Å². The predicted molar refractivity (Wildman–Crippen MR) is 76.4 cm³/mol. The molecule has 2 rings (SSSR count). The van der Waals surface area contributed by atoms with Gasteiger partial charge in [0.05, 0.1) is 16.1 Å². The zero-order valence-electron chi connectivity index (χ0n) is 10.6. The molecular formula is C13H17ClN2OS. The van der Waals surface area contributed by atoms with Crippen LogP contribution in [0.5, 0.6) is 0 Å². The van der Waals surface area contributed by atoms with E-state index in [0.717, 1.165) is 53.0 Å². The largest absolute Gasteiger partial charge is 0.440 e. The van der Waals surface area contributed by atoms with Crippen molar-refractivity contribution in [2.45, 2.75) is 26.7 Å². The summed E-state index contributed by atoms with van der Waals surface area (Å²) in [6.45, 7) is 6.07. The molecule has 18 heavy (non-hydrogen) atoms. The molecule has 0 saturated carbocycles. The fourth-order valence-electron chi connectivity index (χ4n) is 1.62. The Bertz CT molecular complexity index is 507. The molecule has 1 N–H and O–H groups in total. The molecule has 5 heteroatoms. The summed E-state index contributed by atoms with van der Waals surface area (Å²) in [6.07, 6.45) is 3.70. The maximum Gasteiger partial charge on any atom is 0.196 e. The number of aromatic nitrogens is 1. The van der Waals surface area contributed by atoms with Crippen LogP contribution >= 0.6 is 22.9 Å². The summed E-state index contributed by atoms with van der Waals surface area (Å²) < 4.78 is 5.72. The average molecular weight is 285 g/mol. The molecule has 98 valence electrons. The van der Waals surface area contributed by atoms with Gasteiger partial charge in [0.15, 0.2) is 11.7 Å². The minimum Gasteiger partial charge on any atom is -0.440 e. The van der Waals surface area contributed by atoms with E-state index in [2.05, 4.69) is 17.2 Å². The third kappa shape index (κ3) is 3.13. The van der Waals surface area contributed by atoms with Crippen LogP contribution in [-0.2, 0) is 6.42 Å². The highest BCUT2D eigenvalue weighted by atomic mass is 35.5. The summed E-state index contributed by atoms with van der Waals surface area (Å²) in [4.78, 5) is 5.25. The second-order valence-corrected chi connectivity index (χ2v) is 5.44. The third-order valence-corrected chi connectivity index (χ3v) is 4.33. The quantitative estimate of drug-likeness (QED) is 0.818. The van der Waals surface area contributed by atoms with Crippen molar-refractivity contribution in [2.75, 3.05) is 13.1 Å². The molecule has 0 radical (unpaired) electrons. The van der Waals surface area contributed by atoms with Gasteiger partial charge in [-0.15, -0.1) is 11.3 Å². The molecule has 0 aromatic carbocycles. The molecule has 0 aliphatic heterocycles. The first-order valence-electron chi connectivity index (χ1n) is 6.11. The summed E-state index contributed by atoms with van der Waals surface area (Å²) >= 11 is 7.80. The fourth-order valence-corrected chi connectivity index (χ4v) is 2.86. The van der Waals surface area contributed by atoms with E-state index >= 15 is 0 Å². The van der Waals surface area contributed by atoms with E-state index in [1.54, 1.807) is 17.5 Å². The summed E-state index contributed by atoms with van der Waals surface area (Å²) in [5.74, 6) is 1.53. The van der Waals surface area contributed by atoms with Crippen LogP contribution in [0.25, 0.3) is 10.6 Å². The molecule has 2 heterocycles. The van der Waals surface area contributed by atoms with Crippen molar-refractivity contribution in [1.29, 1.82) is 0 Å². The van der Waals surface area contributed by atoms with Crippen molar-refractivity contribution in [1.82, 2.24) is 10.3 Å². The number of thiophene rings is 1.